The van der Waals surface area contributed by atoms with E-state index in [1.54, 1.807) is 6.92 Å². The molecule has 112 valence electrons. The summed E-state index contributed by atoms with van der Waals surface area (Å²) < 4.78 is 6.33. The van der Waals surface area contributed by atoms with Gasteiger partial charge in [0.05, 0.1) is 17.7 Å². The van der Waals surface area contributed by atoms with Crippen LogP contribution in [0.3, 0.4) is 0 Å². The predicted molar refractivity (Wildman–Crippen MR) is 79.0 cm³/mol. The van der Waals surface area contributed by atoms with E-state index in [-0.39, 0.29) is 23.7 Å². The van der Waals surface area contributed by atoms with E-state index in [2.05, 4.69) is 46.9 Å². The highest BCUT2D eigenvalue weighted by Crippen LogP contribution is 2.37. The second-order valence-electron chi connectivity index (χ2n) is 6.99. The van der Waals surface area contributed by atoms with Gasteiger partial charge < -0.3 is 10.1 Å². The van der Waals surface area contributed by atoms with Crippen LogP contribution in [-0.2, 0) is 9.53 Å². The molecule has 1 aliphatic heterocycles. The standard InChI is InChI=1S/C16H31NO2/c1-8-10(2)12(4)15-14(17-13(5)18)11(3)9-16(6,7)19-15/h10-12,14-15H,8-9H2,1-7H3,(H,17,18)/t10-,11?,12-,14?,15?/m1/s1. The topological polar surface area (TPSA) is 38.3 Å². The average Bonchev–Trinajstić information content (AvgIpc) is 2.29. The largest absolute Gasteiger partial charge is 0.370 e. The molecule has 0 aliphatic carbocycles. The summed E-state index contributed by atoms with van der Waals surface area (Å²) in [6.07, 6.45) is 2.24. The molecule has 1 saturated heterocycles. The number of hydrogen-bond acceptors (Lipinski definition) is 2. The molecule has 0 bridgehead atoms. The van der Waals surface area contributed by atoms with E-state index in [4.69, 9.17) is 4.74 Å². The highest BCUT2D eigenvalue weighted by atomic mass is 16.5. The number of nitrogens with one attached hydrogen (secondary N) is 1. The first-order valence-corrected chi connectivity index (χ1v) is 7.63. The third kappa shape index (κ3) is 4.20. The van der Waals surface area contributed by atoms with Gasteiger partial charge in [0.25, 0.3) is 0 Å². The number of carbonyl (C=O) groups excluding carboxylic acids is 1. The van der Waals surface area contributed by atoms with Gasteiger partial charge in [-0.1, -0.05) is 34.1 Å². The molecule has 0 aromatic rings. The second-order valence-corrected chi connectivity index (χ2v) is 6.99. The van der Waals surface area contributed by atoms with Crippen LogP contribution in [-0.4, -0.2) is 23.7 Å². The summed E-state index contributed by atoms with van der Waals surface area (Å²) in [7, 11) is 0. The lowest BCUT2D eigenvalue weighted by Crippen LogP contribution is -2.58. The first-order valence-electron chi connectivity index (χ1n) is 7.63. The molecule has 3 unspecified atom stereocenters. The van der Waals surface area contributed by atoms with Gasteiger partial charge >= 0.3 is 0 Å². The Labute approximate surface area is 118 Å². The van der Waals surface area contributed by atoms with Gasteiger partial charge in [0, 0.05) is 6.92 Å². The Morgan fingerprint density at radius 1 is 1.42 bits per heavy atom. The van der Waals surface area contributed by atoms with Crippen molar-refractivity contribution in [3.8, 4) is 0 Å². The summed E-state index contributed by atoms with van der Waals surface area (Å²) in [6.45, 7) is 14.9. The Kier molecular flexibility index (Phi) is 5.43. The molecule has 3 nitrogen and oxygen atoms in total. The molecule has 1 N–H and O–H groups in total. The van der Waals surface area contributed by atoms with E-state index < -0.39 is 0 Å². The van der Waals surface area contributed by atoms with Crippen molar-refractivity contribution >= 4 is 5.91 Å². The molecule has 1 heterocycles. The van der Waals surface area contributed by atoms with Crippen molar-refractivity contribution in [3.05, 3.63) is 0 Å². The molecular weight excluding hydrogens is 238 g/mol. The van der Waals surface area contributed by atoms with E-state index in [0.717, 1.165) is 12.8 Å². The number of carbonyl (C=O) groups is 1. The van der Waals surface area contributed by atoms with Crippen molar-refractivity contribution < 1.29 is 9.53 Å². The highest BCUT2D eigenvalue weighted by Gasteiger charge is 2.43. The van der Waals surface area contributed by atoms with Gasteiger partial charge in [-0.15, -0.1) is 0 Å². The zero-order valence-electron chi connectivity index (χ0n) is 13.6. The fraction of sp³-hybridized carbons (Fsp3) is 0.938. The molecule has 19 heavy (non-hydrogen) atoms. The van der Waals surface area contributed by atoms with Crippen LogP contribution < -0.4 is 5.32 Å². The van der Waals surface area contributed by atoms with Crippen molar-refractivity contribution in [1.82, 2.24) is 5.32 Å². The van der Waals surface area contributed by atoms with Crippen LogP contribution in [0.2, 0.25) is 0 Å². The lowest BCUT2D eigenvalue weighted by atomic mass is 9.76. The van der Waals surface area contributed by atoms with Gasteiger partial charge in [0.2, 0.25) is 5.91 Å². The molecule has 0 aromatic carbocycles. The van der Waals surface area contributed by atoms with Crippen molar-refractivity contribution in [2.75, 3.05) is 0 Å². The fourth-order valence-corrected chi connectivity index (χ4v) is 3.31. The first-order chi connectivity index (χ1) is 8.68. The van der Waals surface area contributed by atoms with E-state index in [9.17, 15) is 4.79 Å². The van der Waals surface area contributed by atoms with Crippen molar-refractivity contribution in [2.45, 2.75) is 79.1 Å². The lowest BCUT2D eigenvalue weighted by Gasteiger charge is -2.48. The summed E-state index contributed by atoms with van der Waals surface area (Å²) in [4.78, 5) is 11.5. The van der Waals surface area contributed by atoms with Crippen LogP contribution in [0.15, 0.2) is 0 Å². The third-order valence-electron chi connectivity index (χ3n) is 4.67. The number of amides is 1. The van der Waals surface area contributed by atoms with Crippen LogP contribution in [0, 0.1) is 17.8 Å². The van der Waals surface area contributed by atoms with Gasteiger partial charge in [0.1, 0.15) is 0 Å². The normalized spacial score (nSPS) is 33.5. The Morgan fingerprint density at radius 3 is 2.47 bits per heavy atom. The van der Waals surface area contributed by atoms with Crippen LogP contribution in [0.5, 0.6) is 0 Å². The Bertz CT molecular complexity index is 314. The molecular formula is C16H31NO2. The van der Waals surface area contributed by atoms with Crippen molar-refractivity contribution in [2.24, 2.45) is 17.8 Å². The van der Waals surface area contributed by atoms with Gasteiger partial charge in [-0.2, -0.15) is 0 Å². The minimum absolute atomic E-state index is 0.0431. The minimum atomic E-state index is -0.0965. The minimum Gasteiger partial charge on any atom is -0.370 e. The smallest absolute Gasteiger partial charge is 0.217 e. The summed E-state index contributed by atoms with van der Waals surface area (Å²) >= 11 is 0. The van der Waals surface area contributed by atoms with E-state index in [1.807, 2.05) is 0 Å². The summed E-state index contributed by atoms with van der Waals surface area (Å²) in [5.74, 6) is 1.54. The number of ether oxygens (including phenoxy) is 1. The van der Waals surface area contributed by atoms with Gasteiger partial charge in [0.15, 0.2) is 0 Å². The van der Waals surface area contributed by atoms with Gasteiger partial charge in [-0.25, -0.2) is 0 Å². The Hall–Kier alpha value is -0.570. The molecule has 1 aliphatic rings. The average molecular weight is 269 g/mol. The zero-order chi connectivity index (χ0) is 14.8. The van der Waals surface area contributed by atoms with Crippen LogP contribution in [0.25, 0.3) is 0 Å². The molecule has 3 heteroatoms. The monoisotopic (exact) mass is 269 g/mol. The highest BCUT2D eigenvalue weighted by molar-refractivity contribution is 5.73. The van der Waals surface area contributed by atoms with Crippen LogP contribution >= 0.6 is 0 Å². The molecule has 1 rings (SSSR count). The van der Waals surface area contributed by atoms with Crippen LogP contribution in [0.1, 0.15) is 61.3 Å². The predicted octanol–water partition coefficient (Wildman–Crippen LogP) is 3.38. The van der Waals surface area contributed by atoms with Crippen molar-refractivity contribution in [1.29, 1.82) is 0 Å². The summed E-state index contributed by atoms with van der Waals surface area (Å²) in [5, 5.41) is 3.12. The van der Waals surface area contributed by atoms with Gasteiger partial charge in [-0.3, -0.25) is 4.79 Å². The Balaban J connectivity index is 2.93. The molecule has 1 fully saturated rings. The van der Waals surface area contributed by atoms with Crippen LogP contribution in [0.4, 0.5) is 0 Å². The van der Waals surface area contributed by atoms with E-state index >= 15 is 0 Å². The molecule has 1 amide bonds. The maximum absolute atomic E-state index is 11.5. The molecule has 5 atom stereocenters. The maximum Gasteiger partial charge on any atom is 0.217 e. The van der Waals surface area contributed by atoms with Crippen molar-refractivity contribution in [3.63, 3.8) is 0 Å². The zero-order valence-corrected chi connectivity index (χ0v) is 13.6. The summed E-state index contributed by atoms with van der Waals surface area (Å²) in [6, 6.07) is 0.134. The number of hydrogen-bond donors (Lipinski definition) is 1. The van der Waals surface area contributed by atoms with E-state index in [1.165, 1.54) is 0 Å². The molecule has 0 saturated carbocycles. The molecule has 0 spiro atoms. The maximum atomic E-state index is 11.5. The fourth-order valence-electron chi connectivity index (χ4n) is 3.31. The van der Waals surface area contributed by atoms with E-state index in [0.29, 0.717) is 17.8 Å². The molecule has 0 aromatic heterocycles. The summed E-state index contributed by atoms with van der Waals surface area (Å²) in [5.41, 5.74) is -0.0965. The lowest BCUT2D eigenvalue weighted by molar-refractivity contribution is -0.166. The molecule has 0 radical (unpaired) electrons. The quantitative estimate of drug-likeness (QED) is 0.849. The Morgan fingerprint density at radius 2 is 2.00 bits per heavy atom. The van der Waals surface area contributed by atoms with Gasteiger partial charge in [-0.05, 0) is 38.0 Å². The SMILES string of the molecule is CC[C@@H](C)[C@@H](C)C1OC(C)(C)CC(C)C1NC(C)=O. The second kappa shape index (κ2) is 6.25. The third-order valence-corrected chi connectivity index (χ3v) is 4.67. The number of rotatable bonds is 4. The first kappa shape index (κ1) is 16.5.